The van der Waals surface area contributed by atoms with Gasteiger partial charge in [0.25, 0.3) is 0 Å². The topological polar surface area (TPSA) is 67.4 Å². The first-order valence-corrected chi connectivity index (χ1v) is 8.50. The highest BCUT2D eigenvalue weighted by molar-refractivity contribution is 14.0. The standard InChI is InChI=1S/C16H36N4O3.HI/c1-5-17-16(19-9-7-12-23-15-14-22-4)18-8-6-10-20(2)11-13-21-3;/h5-15H2,1-4H3,(H2,17,18,19);1H. The molecule has 0 amide bonds. The number of nitrogens with one attached hydrogen (secondary N) is 2. The molecule has 0 bridgehead atoms. The number of hydrogen-bond donors (Lipinski definition) is 2. The van der Waals surface area contributed by atoms with E-state index in [-0.39, 0.29) is 24.0 Å². The lowest BCUT2D eigenvalue weighted by Crippen LogP contribution is -2.38. The predicted octanol–water partition coefficient (Wildman–Crippen LogP) is 1.18. The third-order valence-electron chi connectivity index (χ3n) is 3.18. The van der Waals surface area contributed by atoms with Gasteiger partial charge < -0.3 is 29.7 Å². The van der Waals surface area contributed by atoms with E-state index < -0.39 is 0 Å². The van der Waals surface area contributed by atoms with E-state index in [9.17, 15) is 0 Å². The van der Waals surface area contributed by atoms with Crippen LogP contribution in [0.3, 0.4) is 0 Å². The number of nitrogens with zero attached hydrogens (tertiary/aromatic N) is 2. The first-order chi connectivity index (χ1) is 11.2. The highest BCUT2D eigenvalue weighted by Gasteiger charge is 1.99. The summed E-state index contributed by atoms with van der Waals surface area (Å²) in [5, 5.41) is 6.62. The van der Waals surface area contributed by atoms with Crippen molar-refractivity contribution >= 4 is 29.9 Å². The van der Waals surface area contributed by atoms with Gasteiger partial charge in [-0.15, -0.1) is 24.0 Å². The molecule has 0 radical (unpaired) electrons. The summed E-state index contributed by atoms with van der Waals surface area (Å²) < 4.78 is 15.4. The fraction of sp³-hybridized carbons (Fsp3) is 0.938. The lowest BCUT2D eigenvalue weighted by atomic mass is 10.4. The zero-order valence-corrected chi connectivity index (χ0v) is 18.1. The van der Waals surface area contributed by atoms with Crippen molar-refractivity contribution in [3.63, 3.8) is 0 Å². The Morgan fingerprint density at radius 2 is 1.71 bits per heavy atom. The molecule has 0 heterocycles. The van der Waals surface area contributed by atoms with E-state index in [4.69, 9.17) is 14.2 Å². The molecule has 0 aliphatic carbocycles. The molecule has 0 saturated heterocycles. The van der Waals surface area contributed by atoms with Crippen molar-refractivity contribution in [3.8, 4) is 0 Å². The number of methoxy groups -OCH3 is 2. The van der Waals surface area contributed by atoms with Crippen molar-refractivity contribution in [2.45, 2.75) is 19.8 Å². The second-order valence-corrected chi connectivity index (χ2v) is 5.30. The minimum atomic E-state index is 0. The molecule has 8 heteroatoms. The maximum Gasteiger partial charge on any atom is 0.191 e. The van der Waals surface area contributed by atoms with E-state index in [2.05, 4.69) is 34.5 Å². The van der Waals surface area contributed by atoms with Crippen LogP contribution in [0.5, 0.6) is 0 Å². The monoisotopic (exact) mass is 460 g/mol. The maximum atomic E-state index is 5.42. The Bertz CT molecular complexity index is 284. The fourth-order valence-electron chi connectivity index (χ4n) is 1.86. The molecular weight excluding hydrogens is 423 g/mol. The molecule has 0 aromatic carbocycles. The van der Waals surface area contributed by atoms with E-state index in [1.54, 1.807) is 14.2 Å². The van der Waals surface area contributed by atoms with Gasteiger partial charge in [-0.2, -0.15) is 0 Å². The lowest BCUT2D eigenvalue weighted by Gasteiger charge is -2.16. The Morgan fingerprint density at radius 3 is 2.38 bits per heavy atom. The summed E-state index contributed by atoms with van der Waals surface area (Å²) in [6, 6.07) is 0. The first kappa shape index (κ1) is 26.1. The molecule has 24 heavy (non-hydrogen) atoms. The Balaban J connectivity index is 0. The molecule has 0 aliphatic rings. The van der Waals surface area contributed by atoms with Crippen molar-refractivity contribution in [2.24, 2.45) is 4.99 Å². The summed E-state index contributed by atoms with van der Waals surface area (Å²) >= 11 is 0. The Hall–Kier alpha value is -0.160. The average molecular weight is 460 g/mol. The molecule has 146 valence electrons. The maximum absolute atomic E-state index is 5.42. The largest absolute Gasteiger partial charge is 0.383 e. The summed E-state index contributed by atoms with van der Waals surface area (Å²) in [5.74, 6) is 0.879. The number of rotatable bonds is 15. The van der Waals surface area contributed by atoms with Gasteiger partial charge in [0.2, 0.25) is 0 Å². The van der Waals surface area contributed by atoms with Crippen molar-refractivity contribution in [3.05, 3.63) is 0 Å². The Kier molecular flexibility index (Phi) is 22.7. The van der Waals surface area contributed by atoms with E-state index in [1.807, 2.05) is 0 Å². The smallest absolute Gasteiger partial charge is 0.191 e. The van der Waals surface area contributed by atoms with Crippen LogP contribution in [-0.2, 0) is 14.2 Å². The van der Waals surface area contributed by atoms with Gasteiger partial charge in [-0.25, -0.2) is 0 Å². The SMILES string of the molecule is CCNC(=NCCCOCCOC)NCCCN(C)CCOC.I. The van der Waals surface area contributed by atoms with Crippen molar-refractivity contribution in [1.29, 1.82) is 0 Å². The molecule has 0 aliphatic heterocycles. The molecule has 0 fully saturated rings. The van der Waals surface area contributed by atoms with Crippen LogP contribution in [0.15, 0.2) is 4.99 Å². The van der Waals surface area contributed by atoms with E-state index in [1.165, 1.54) is 0 Å². The third-order valence-corrected chi connectivity index (χ3v) is 3.18. The van der Waals surface area contributed by atoms with Crippen LogP contribution < -0.4 is 10.6 Å². The zero-order chi connectivity index (χ0) is 17.2. The van der Waals surface area contributed by atoms with E-state index >= 15 is 0 Å². The van der Waals surface area contributed by atoms with Crippen LogP contribution in [0.4, 0.5) is 0 Å². The minimum absolute atomic E-state index is 0. The van der Waals surface area contributed by atoms with Crippen LogP contribution in [0.25, 0.3) is 0 Å². The molecule has 0 unspecified atom stereocenters. The molecule has 0 aromatic heterocycles. The highest BCUT2D eigenvalue weighted by Crippen LogP contribution is 1.88. The Labute approximate surface area is 164 Å². The van der Waals surface area contributed by atoms with Crippen LogP contribution in [0.2, 0.25) is 0 Å². The van der Waals surface area contributed by atoms with Gasteiger partial charge in [-0.05, 0) is 33.4 Å². The lowest BCUT2D eigenvalue weighted by molar-refractivity contribution is 0.0702. The minimum Gasteiger partial charge on any atom is -0.383 e. The van der Waals surface area contributed by atoms with Gasteiger partial charge >= 0.3 is 0 Å². The summed E-state index contributed by atoms with van der Waals surface area (Å²) in [5.41, 5.74) is 0. The molecule has 2 N–H and O–H groups in total. The van der Waals surface area contributed by atoms with Crippen LogP contribution in [0.1, 0.15) is 19.8 Å². The fourth-order valence-corrected chi connectivity index (χ4v) is 1.86. The normalized spacial score (nSPS) is 11.5. The van der Waals surface area contributed by atoms with Gasteiger partial charge in [0, 0.05) is 47.0 Å². The van der Waals surface area contributed by atoms with Gasteiger partial charge in [0.05, 0.1) is 19.8 Å². The first-order valence-electron chi connectivity index (χ1n) is 8.50. The van der Waals surface area contributed by atoms with Gasteiger partial charge in [-0.3, -0.25) is 4.99 Å². The molecule has 0 spiro atoms. The second-order valence-electron chi connectivity index (χ2n) is 5.30. The van der Waals surface area contributed by atoms with Gasteiger partial charge in [0.1, 0.15) is 0 Å². The molecule has 0 rings (SSSR count). The zero-order valence-electron chi connectivity index (χ0n) is 15.8. The van der Waals surface area contributed by atoms with Crippen LogP contribution in [-0.4, -0.2) is 91.3 Å². The van der Waals surface area contributed by atoms with Crippen molar-refractivity contribution < 1.29 is 14.2 Å². The summed E-state index contributed by atoms with van der Waals surface area (Å²) in [7, 11) is 5.52. The number of aliphatic imine (C=N–C) groups is 1. The average Bonchev–Trinajstić information content (AvgIpc) is 2.55. The van der Waals surface area contributed by atoms with Gasteiger partial charge in [-0.1, -0.05) is 0 Å². The van der Waals surface area contributed by atoms with E-state index in [0.717, 1.165) is 64.7 Å². The van der Waals surface area contributed by atoms with E-state index in [0.29, 0.717) is 13.2 Å². The second kappa shape index (κ2) is 20.9. The summed E-state index contributed by atoms with van der Waals surface area (Å²) in [6.07, 6.45) is 1.99. The summed E-state index contributed by atoms with van der Waals surface area (Å²) in [4.78, 5) is 6.82. The van der Waals surface area contributed by atoms with Crippen LogP contribution in [0, 0.1) is 0 Å². The third kappa shape index (κ3) is 18.2. The predicted molar refractivity (Wildman–Crippen MR) is 111 cm³/mol. The molecule has 0 saturated carbocycles. The number of halogens is 1. The number of likely N-dealkylation sites (N-methyl/N-ethyl adjacent to an activating group) is 1. The quantitative estimate of drug-likeness (QED) is 0.166. The number of guanidine groups is 1. The van der Waals surface area contributed by atoms with Crippen molar-refractivity contribution in [1.82, 2.24) is 15.5 Å². The molecule has 0 atom stereocenters. The molecular formula is C16H37IN4O3. The Morgan fingerprint density at radius 1 is 0.958 bits per heavy atom. The van der Waals surface area contributed by atoms with Gasteiger partial charge in [0.15, 0.2) is 5.96 Å². The highest BCUT2D eigenvalue weighted by atomic mass is 127. The molecule has 0 aromatic rings. The molecule has 7 nitrogen and oxygen atoms in total. The summed E-state index contributed by atoms with van der Waals surface area (Å²) in [6.45, 7) is 9.41. The number of hydrogen-bond acceptors (Lipinski definition) is 5. The van der Waals surface area contributed by atoms with Crippen molar-refractivity contribution in [2.75, 3.05) is 80.4 Å². The number of ether oxygens (including phenoxy) is 3. The van der Waals surface area contributed by atoms with Crippen LogP contribution >= 0.6 is 24.0 Å².